The normalized spacial score (nSPS) is 22.2. The lowest BCUT2D eigenvalue weighted by molar-refractivity contribution is -0.134. The first-order valence-corrected chi connectivity index (χ1v) is 12.8. The summed E-state index contributed by atoms with van der Waals surface area (Å²) in [7, 11) is 2.00. The van der Waals surface area contributed by atoms with Crippen molar-refractivity contribution < 1.29 is 14.3 Å². The zero-order valence-electron chi connectivity index (χ0n) is 19.0. The van der Waals surface area contributed by atoms with Gasteiger partial charge in [0.1, 0.15) is 0 Å². The fourth-order valence-electron chi connectivity index (χ4n) is 4.90. The minimum atomic E-state index is 0.284. The van der Waals surface area contributed by atoms with Crippen molar-refractivity contribution in [1.29, 1.82) is 0 Å². The quantitative estimate of drug-likeness (QED) is 0.674. The summed E-state index contributed by atoms with van der Waals surface area (Å²) < 4.78 is 10.9. The van der Waals surface area contributed by atoms with Crippen LogP contribution in [0.2, 0.25) is 0 Å². The Bertz CT molecular complexity index is 865. The lowest BCUT2D eigenvalue weighted by Gasteiger charge is -2.43. The number of carbonyl (C=O) groups is 1. The molecule has 3 aliphatic heterocycles. The number of nitrogens with one attached hydrogen (secondary N) is 1. The van der Waals surface area contributed by atoms with Gasteiger partial charge in [-0.05, 0) is 30.5 Å². The van der Waals surface area contributed by atoms with Gasteiger partial charge in [-0.25, -0.2) is 0 Å². The minimum absolute atomic E-state index is 0.284. The number of thioether (sulfide) groups is 1. The molecule has 8 heteroatoms. The number of amides is 1. The van der Waals surface area contributed by atoms with Crippen molar-refractivity contribution in [3.63, 3.8) is 0 Å². The monoisotopic (exact) mass is 458 g/mol. The molecule has 7 nitrogen and oxygen atoms in total. The van der Waals surface area contributed by atoms with Gasteiger partial charge in [-0.3, -0.25) is 14.6 Å². The summed E-state index contributed by atoms with van der Waals surface area (Å²) in [4.78, 5) is 21.3. The number of hydrogen-bond donors (Lipinski definition) is 1. The number of ether oxygens (including phenoxy) is 2. The molecule has 0 radical (unpaired) electrons. The number of piperazine rings is 1. The Morgan fingerprint density at radius 1 is 1.12 bits per heavy atom. The van der Waals surface area contributed by atoms with Gasteiger partial charge in [0, 0.05) is 75.1 Å². The van der Waals surface area contributed by atoms with Crippen molar-refractivity contribution in [3.8, 4) is 11.5 Å². The third-order valence-corrected chi connectivity index (χ3v) is 8.35. The highest BCUT2D eigenvalue weighted by Gasteiger charge is 2.30. The van der Waals surface area contributed by atoms with Gasteiger partial charge in [0.25, 0.3) is 0 Å². The van der Waals surface area contributed by atoms with Gasteiger partial charge in [-0.2, -0.15) is 0 Å². The Morgan fingerprint density at radius 2 is 1.94 bits per heavy atom. The molecule has 2 fully saturated rings. The fourth-order valence-corrected chi connectivity index (χ4v) is 6.07. The van der Waals surface area contributed by atoms with E-state index >= 15 is 0 Å². The van der Waals surface area contributed by atoms with Crippen molar-refractivity contribution in [2.24, 2.45) is 0 Å². The molecular formula is C24H34N4O3S. The Hall–Kier alpha value is -1.90. The number of nitrogens with zero attached hydrogens (tertiary/aromatic N) is 3. The molecule has 5 rings (SSSR count). The third kappa shape index (κ3) is 4.87. The lowest BCUT2D eigenvalue weighted by atomic mass is 9.91. The molecular weight excluding hydrogens is 424 g/mol. The molecule has 1 aromatic carbocycles. The van der Waals surface area contributed by atoms with Crippen LogP contribution in [-0.2, 0) is 10.5 Å². The van der Waals surface area contributed by atoms with E-state index in [1.165, 1.54) is 35.4 Å². The highest BCUT2D eigenvalue weighted by molar-refractivity contribution is 8.02. The van der Waals surface area contributed by atoms with Crippen LogP contribution in [-0.4, -0.2) is 86.3 Å². The third-order valence-electron chi connectivity index (χ3n) is 7.15. The predicted octanol–water partition coefficient (Wildman–Crippen LogP) is 2.48. The molecule has 174 valence electrons. The first-order valence-electron chi connectivity index (χ1n) is 11.8. The molecule has 0 spiro atoms. The fraction of sp³-hybridized carbons (Fsp3) is 0.625. The largest absolute Gasteiger partial charge is 0.454 e. The van der Waals surface area contributed by atoms with Crippen LogP contribution < -0.4 is 14.8 Å². The molecule has 0 unspecified atom stereocenters. The van der Waals surface area contributed by atoms with Crippen molar-refractivity contribution >= 4 is 17.7 Å². The summed E-state index contributed by atoms with van der Waals surface area (Å²) in [5, 5.41) is 3.38. The maximum absolute atomic E-state index is 13.0. The van der Waals surface area contributed by atoms with Gasteiger partial charge >= 0.3 is 0 Å². The van der Waals surface area contributed by atoms with Crippen LogP contribution in [0.1, 0.15) is 31.2 Å². The van der Waals surface area contributed by atoms with E-state index in [-0.39, 0.29) is 5.91 Å². The second kappa shape index (κ2) is 9.93. The topological polar surface area (TPSA) is 57.3 Å². The molecule has 1 aromatic rings. The number of fused-ring (bicyclic) bond motifs is 1. The average Bonchev–Trinajstić information content (AvgIpc) is 3.25. The molecule has 1 amide bonds. The maximum Gasteiger partial charge on any atom is 0.236 e. The van der Waals surface area contributed by atoms with Crippen LogP contribution in [0.5, 0.6) is 11.5 Å². The predicted molar refractivity (Wildman–Crippen MR) is 127 cm³/mol. The molecule has 0 bridgehead atoms. The van der Waals surface area contributed by atoms with Crippen LogP contribution in [0.25, 0.3) is 0 Å². The number of rotatable bonds is 7. The van der Waals surface area contributed by atoms with Crippen LogP contribution in [0.3, 0.4) is 0 Å². The van der Waals surface area contributed by atoms with Gasteiger partial charge in [0.2, 0.25) is 12.7 Å². The summed E-state index contributed by atoms with van der Waals surface area (Å²) in [6, 6.07) is 6.95. The molecule has 1 saturated heterocycles. The second-order valence-corrected chi connectivity index (χ2v) is 10.2. The number of hydrogen-bond acceptors (Lipinski definition) is 7. The number of carbonyl (C=O) groups excluding carboxylic acids is 1. The van der Waals surface area contributed by atoms with Gasteiger partial charge in [0.15, 0.2) is 11.5 Å². The van der Waals surface area contributed by atoms with Crippen LogP contribution in [0.15, 0.2) is 28.8 Å². The summed E-state index contributed by atoms with van der Waals surface area (Å²) in [6.45, 7) is 6.43. The maximum atomic E-state index is 13.0. The molecule has 1 saturated carbocycles. The van der Waals surface area contributed by atoms with Crippen molar-refractivity contribution in [1.82, 2.24) is 20.0 Å². The van der Waals surface area contributed by atoms with Crippen LogP contribution in [0, 0.1) is 0 Å². The SMILES string of the molecule is CNC1=C(SCc2ccc3c(c2)OCO3)CN(CC(=O)N2CCN(C3CCC3)CC2)CC1. The lowest BCUT2D eigenvalue weighted by Crippen LogP contribution is -2.55. The Kier molecular flexibility index (Phi) is 6.80. The van der Waals surface area contributed by atoms with Crippen LogP contribution >= 0.6 is 11.8 Å². The Labute approximate surface area is 195 Å². The molecule has 4 aliphatic rings. The van der Waals surface area contributed by atoms with E-state index in [0.29, 0.717) is 13.3 Å². The molecule has 1 aliphatic carbocycles. The second-order valence-electron chi connectivity index (χ2n) is 9.09. The van der Waals surface area contributed by atoms with Gasteiger partial charge < -0.3 is 19.7 Å². The van der Waals surface area contributed by atoms with Gasteiger partial charge in [-0.1, -0.05) is 12.5 Å². The van der Waals surface area contributed by atoms with E-state index in [9.17, 15) is 4.79 Å². The zero-order valence-corrected chi connectivity index (χ0v) is 19.8. The van der Waals surface area contributed by atoms with Crippen molar-refractivity contribution in [2.45, 2.75) is 37.5 Å². The summed E-state index contributed by atoms with van der Waals surface area (Å²) >= 11 is 1.85. The highest BCUT2D eigenvalue weighted by Crippen LogP contribution is 2.35. The van der Waals surface area contributed by atoms with E-state index < -0.39 is 0 Å². The smallest absolute Gasteiger partial charge is 0.236 e. The van der Waals surface area contributed by atoms with E-state index in [2.05, 4.69) is 32.1 Å². The zero-order chi connectivity index (χ0) is 21.9. The van der Waals surface area contributed by atoms with E-state index in [1.807, 2.05) is 24.9 Å². The highest BCUT2D eigenvalue weighted by atomic mass is 32.2. The van der Waals surface area contributed by atoms with E-state index in [0.717, 1.165) is 69.0 Å². The van der Waals surface area contributed by atoms with Gasteiger partial charge in [-0.15, -0.1) is 11.8 Å². The van der Waals surface area contributed by atoms with Crippen LogP contribution in [0.4, 0.5) is 0 Å². The first kappa shape index (κ1) is 21.9. The molecule has 0 atom stereocenters. The van der Waals surface area contributed by atoms with Crippen molar-refractivity contribution in [3.05, 3.63) is 34.4 Å². The summed E-state index contributed by atoms with van der Waals surface area (Å²) in [5.74, 6) is 2.82. The Morgan fingerprint density at radius 3 is 2.69 bits per heavy atom. The van der Waals surface area contributed by atoms with E-state index in [4.69, 9.17) is 9.47 Å². The molecule has 0 aromatic heterocycles. The number of benzene rings is 1. The summed E-state index contributed by atoms with van der Waals surface area (Å²) in [5.41, 5.74) is 2.52. The molecule has 3 heterocycles. The first-order chi connectivity index (χ1) is 15.7. The molecule has 32 heavy (non-hydrogen) atoms. The molecule has 1 N–H and O–H groups in total. The average molecular weight is 459 g/mol. The van der Waals surface area contributed by atoms with Crippen molar-refractivity contribution in [2.75, 3.05) is 59.7 Å². The Balaban J connectivity index is 1.13. The standard InChI is InChI=1S/C24H34N4O3S/c1-25-20-7-8-26(15-24(29)28-11-9-27(10-12-28)19-3-2-4-19)14-23(20)32-16-18-5-6-21-22(13-18)31-17-30-21/h5-6,13,19,25H,2-4,7-12,14-17H2,1H3. The van der Waals surface area contributed by atoms with Gasteiger partial charge in [0.05, 0.1) is 6.54 Å². The summed E-state index contributed by atoms with van der Waals surface area (Å²) in [6.07, 6.45) is 5.02. The minimum Gasteiger partial charge on any atom is -0.454 e. The van der Waals surface area contributed by atoms with E-state index in [1.54, 1.807) is 0 Å².